The zero-order valence-electron chi connectivity index (χ0n) is 8.69. The fraction of sp³-hybridized carbons (Fsp3) is 0.200. The molecule has 1 aromatic carbocycles. The van der Waals surface area contributed by atoms with E-state index in [0.717, 1.165) is 0 Å². The lowest BCUT2D eigenvalue weighted by Crippen LogP contribution is -1.98. The van der Waals surface area contributed by atoms with Crippen molar-refractivity contribution >= 4 is 17.8 Å². The van der Waals surface area contributed by atoms with Crippen molar-refractivity contribution in [2.75, 3.05) is 0 Å². The van der Waals surface area contributed by atoms with Crippen LogP contribution in [0.25, 0.3) is 6.08 Å². The lowest BCUT2D eigenvalue weighted by atomic mass is 10.2. The molecule has 0 aliphatic carbocycles. The van der Waals surface area contributed by atoms with Gasteiger partial charge >= 0.3 is 5.51 Å². The van der Waals surface area contributed by atoms with Gasteiger partial charge in [-0.15, -0.1) is 0 Å². The van der Waals surface area contributed by atoms with Crippen LogP contribution >= 0.6 is 11.8 Å². The van der Waals surface area contributed by atoms with Gasteiger partial charge in [-0.1, -0.05) is 12.1 Å². The molecule has 3 nitrogen and oxygen atoms in total. The largest absolute Gasteiger partial charge is 0.446 e. The van der Waals surface area contributed by atoms with Crippen LogP contribution in [0.1, 0.15) is 12.5 Å². The van der Waals surface area contributed by atoms with Crippen LogP contribution in [0.15, 0.2) is 34.9 Å². The molecule has 0 amide bonds. The minimum Gasteiger partial charge on any atom is -0.259 e. The summed E-state index contributed by atoms with van der Waals surface area (Å²) in [5, 5.41) is 10.3. The van der Waals surface area contributed by atoms with Crippen molar-refractivity contribution in [3.8, 4) is 0 Å². The second-order valence-electron chi connectivity index (χ2n) is 3.16. The Kier molecular flexibility index (Phi) is 4.17. The first-order valence-electron chi connectivity index (χ1n) is 4.46. The van der Waals surface area contributed by atoms with Crippen LogP contribution in [0.5, 0.6) is 0 Å². The molecule has 0 atom stereocenters. The molecular weight excluding hydrogens is 255 g/mol. The Morgan fingerprint density at radius 1 is 1.35 bits per heavy atom. The summed E-state index contributed by atoms with van der Waals surface area (Å²) in [4.78, 5) is 9.83. The Bertz CT molecular complexity index is 440. The van der Waals surface area contributed by atoms with E-state index in [2.05, 4.69) is 0 Å². The van der Waals surface area contributed by atoms with Crippen molar-refractivity contribution in [3.63, 3.8) is 0 Å². The standard InChI is InChI=1S/C10H8F3NO2S/c1-7(14(15)16)6-8-2-4-9(5-3-8)17-10(11,12)13/h2-6H,1H3/b7-6+. The van der Waals surface area contributed by atoms with Gasteiger partial charge in [0.2, 0.25) is 5.70 Å². The molecule has 0 radical (unpaired) electrons. The number of alkyl halides is 3. The van der Waals surface area contributed by atoms with E-state index >= 15 is 0 Å². The molecule has 1 aromatic rings. The summed E-state index contributed by atoms with van der Waals surface area (Å²) in [5.41, 5.74) is -3.90. The molecule has 1 rings (SSSR count). The monoisotopic (exact) mass is 263 g/mol. The average Bonchev–Trinajstić information content (AvgIpc) is 2.18. The molecule has 0 N–H and O–H groups in total. The maximum atomic E-state index is 12.0. The van der Waals surface area contributed by atoms with Crippen LogP contribution in [0.2, 0.25) is 0 Å². The second kappa shape index (κ2) is 5.22. The Morgan fingerprint density at radius 2 is 1.88 bits per heavy atom. The number of benzene rings is 1. The van der Waals surface area contributed by atoms with E-state index in [-0.39, 0.29) is 22.4 Å². The summed E-state index contributed by atoms with van der Waals surface area (Å²) < 4.78 is 36.1. The first kappa shape index (κ1) is 13.6. The van der Waals surface area contributed by atoms with Crippen LogP contribution in [0.4, 0.5) is 13.2 Å². The minimum atomic E-state index is -4.33. The maximum Gasteiger partial charge on any atom is 0.446 e. The van der Waals surface area contributed by atoms with Gasteiger partial charge < -0.3 is 0 Å². The predicted molar refractivity (Wildman–Crippen MR) is 59.0 cm³/mol. The summed E-state index contributed by atoms with van der Waals surface area (Å²) in [5.74, 6) is 0. The van der Waals surface area contributed by atoms with Gasteiger partial charge in [0.15, 0.2) is 0 Å². The highest BCUT2D eigenvalue weighted by atomic mass is 32.2. The summed E-state index contributed by atoms with van der Waals surface area (Å²) in [6, 6.07) is 5.36. The maximum absolute atomic E-state index is 12.0. The van der Waals surface area contributed by atoms with E-state index in [1.54, 1.807) is 0 Å². The molecule has 92 valence electrons. The third kappa shape index (κ3) is 4.90. The van der Waals surface area contributed by atoms with E-state index in [0.29, 0.717) is 5.56 Å². The van der Waals surface area contributed by atoms with Crippen LogP contribution in [-0.2, 0) is 0 Å². The van der Waals surface area contributed by atoms with Gasteiger partial charge in [-0.3, -0.25) is 10.1 Å². The fourth-order valence-corrected chi connectivity index (χ4v) is 1.60. The zero-order chi connectivity index (χ0) is 13.1. The van der Waals surface area contributed by atoms with Gasteiger partial charge in [0.1, 0.15) is 0 Å². The smallest absolute Gasteiger partial charge is 0.259 e. The Labute approximate surface area is 99.5 Å². The normalized spacial score (nSPS) is 12.6. The molecule has 0 unspecified atom stereocenters. The highest BCUT2D eigenvalue weighted by molar-refractivity contribution is 8.00. The SMILES string of the molecule is C/C(=C\c1ccc(SC(F)(F)F)cc1)[N+](=O)[O-]. The number of nitrogens with zero attached hydrogens (tertiary/aromatic N) is 1. The lowest BCUT2D eigenvalue weighted by Gasteiger charge is -2.05. The van der Waals surface area contributed by atoms with Crippen molar-refractivity contribution in [2.45, 2.75) is 17.3 Å². The van der Waals surface area contributed by atoms with Gasteiger partial charge in [-0.2, -0.15) is 13.2 Å². The average molecular weight is 263 g/mol. The van der Waals surface area contributed by atoms with Crippen molar-refractivity contribution in [1.82, 2.24) is 0 Å². The number of thioether (sulfide) groups is 1. The number of hydrogen-bond acceptors (Lipinski definition) is 3. The number of allylic oxidation sites excluding steroid dienone is 1. The Morgan fingerprint density at radius 3 is 2.29 bits per heavy atom. The van der Waals surface area contributed by atoms with Crippen molar-refractivity contribution in [3.05, 3.63) is 45.6 Å². The molecule has 0 heterocycles. The molecule has 0 saturated carbocycles. The van der Waals surface area contributed by atoms with Crippen molar-refractivity contribution < 1.29 is 18.1 Å². The number of rotatable bonds is 3. The number of hydrogen-bond donors (Lipinski definition) is 0. The van der Waals surface area contributed by atoms with Gasteiger partial charge in [0.25, 0.3) is 0 Å². The fourth-order valence-electron chi connectivity index (χ4n) is 1.06. The highest BCUT2D eigenvalue weighted by Gasteiger charge is 2.28. The third-order valence-corrected chi connectivity index (χ3v) is 2.52. The summed E-state index contributed by atoms with van der Waals surface area (Å²) in [7, 11) is 0. The molecule has 0 aromatic heterocycles. The van der Waals surface area contributed by atoms with Crippen LogP contribution in [0, 0.1) is 10.1 Å². The van der Waals surface area contributed by atoms with Gasteiger partial charge in [0.05, 0.1) is 4.92 Å². The molecule has 17 heavy (non-hydrogen) atoms. The van der Waals surface area contributed by atoms with E-state index in [9.17, 15) is 23.3 Å². The van der Waals surface area contributed by atoms with Crippen LogP contribution in [-0.4, -0.2) is 10.4 Å². The predicted octanol–water partition coefficient (Wildman–Crippen LogP) is 3.94. The second-order valence-corrected chi connectivity index (χ2v) is 4.30. The third-order valence-electron chi connectivity index (χ3n) is 1.78. The van der Waals surface area contributed by atoms with Crippen LogP contribution < -0.4 is 0 Å². The summed E-state index contributed by atoms with van der Waals surface area (Å²) >= 11 is -0.220. The van der Waals surface area contributed by atoms with E-state index in [1.165, 1.54) is 37.3 Å². The lowest BCUT2D eigenvalue weighted by molar-refractivity contribution is -0.422. The number of nitro groups is 1. The van der Waals surface area contributed by atoms with Gasteiger partial charge in [-0.05, 0) is 29.5 Å². The van der Waals surface area contributed by atoms with E-state index in [4.69, 9.17) is 0 Å². The molecule has 0 saturated heterocycles. The molecule has 0 fully saturated rings. The summed E-state index contributed by atoms with van der Waals surface area (Å²) in [6.45, 7) is 1.32. The first-order valence-corrected chi connectivity index (χ1v) is 5.28. The topological polar surface area (TPSA) is 43.1 Å². The molecule has 0 aliphatic heterocycles. The molecule has 7 heteroatoms. The Hall–Kier alpha value is -1.50. The molecular formula is C10H8F3NO2S. The van der Waals surface area contributed by atoms with Gasteiger partial charge in [0, 0.05) is 17.9 Å². The minimum absolute atomic E-state index is 0.0495. The summed E-state index contributed by atoms with van der Waals surface area (Å²) in [6.07, 6.45) is 1.29. The van der Waals surface area contributed by atoms with Crippen molar-refractivity contribution in [1.29, 1.82) is 0 Å². The molecule has 0 spiro atoms. The Balaban J connectivity index is 2.82. The van der Waals surface area contributed by atoms with E-state index < -0.39 is 10.4 Å². The van der Waals surface area contributed by atoms with Crippen LogP contribution in [0.3, 0.4) is 0 Å². The highest BCUT2D eigenvalue weighted by Crippen LogP contribution is 2.36. The first-order chi connectivity index (χ1) is 7.78. The number of halogens is 3. The molecule has 0 bridgehead atoms. The molecule has 0 aliphatic rings. The quantitative estimate of drug-likeness (QED) is 0.471. The zero-order valence-corrected chi connectivity index (χ0v) is 9.51. The van der Waals surface area contributed by atoms with E-state index in [1.807, 2.05) is 0 Å². The van der Waals surface area contributed by atoms with Gasteiger partial charge in [-0.25, -0.2) is 0 Å². The van der Waals surface area contributed by atoms with Crippen molar-refractivity contribution in [2.24, 2.45) is 0 Å².